The van der Waals surface area contributed by atoms with Crippen LogP contribution in [-0.2, 0) is 10.0 Å². The molecular formula is C11H9BrFN3O2S. The van der Waals surface area contributed by atoms with E-state index in [2.05, 4.69) is 25.6 Å². The van der Waals surface area contributed by atoms with Crippen molar-refractivity contribution in [1.82, 2.24) is 4.98 Å². The van der Waals surface area contributed by atoms with Crippen LogP contribution in [0.3, 0.4) is 0 Å². The molecule has 0 aliphatic carbocycles. The first-order chi connectivity index (χ1) is 8.88. The third-order valence-electron chi connectivity index (χ3n) is 2.24. The van der Waals surface area contributed by atoms with Gasteiger partial charge in [0.15, 0.2) is 0 Å². The zero-order valence-corrected chi connectivity index (χ0v) is 11.9. The minimum Gasteiger partial charge on any atom is -0.396 e. The van der Waals surface area contributed by atoms with E-state index in [-0.39, 0.29) is 16.3 Å². The van der Waals surface area contributed by atoms with Crippen molar-refractivity contribution in [3.63, 3.8) is 0 Å². The van der Waals surface area contributed by atoms with E-state index < -0.39 is 15.8 Å². The fourth-order valence-electron chi connectivity index (χ4n) is 1.36. The molecule has 0 unspecified atom stereocenters. The van der Waals surface area contributed by atoms with Crippen LogP contribution in [0.5, 0.6) is 0 Å². The summed E-state index contributed by atoms with van der Waals surface area (Å²) in [6.07, 6.45) is 2.68. The summed E-state index contributed by atoms with van der Waals surface area (Å²) in [6, 6.07) is 4.99. The molecule has 0 atom stereocenters. The highest BCUT2D eigenvalue weighted by Gasteiger charge is 2.15. The van der Waals surface area contributed by atoms with Crippen molar-refractivity contribution in [1.29, 1.82) is 0 Å². The van der Waals surface area contributed by atoms with Gasteiger partial charge in [-0.25, -0.2) is 12.8 Å². The number of anilines is 2. The summed E-state index contributed by atoms with van der Waals surface area (Å²) in [5.74, 6) is -0.605. The molecule has 2 aromatic rings. The highest BCUT2D eigenvalue weighted by Crippen LogP contribution is 2.21. The lowest BCUT2D eigenvalue weighted by Gasteiger charge is -2.08. The first-order valence-corrected chi connectivity index (χ1v) is 7.34. The molecule has 100 valence electrons. The average molecular weight is 346 g/mol. The van der Waals surface area contributed by atoms with Gasteiger partial charge in [0.05, 0.1) is 11.4 Å². The normalized spacial score (nSPS) is 11.3. The quantitative estimate of drug-likeness (QED) is 0.836. The van der Waals surface area contributed by atoms with Crippen LogP contribution in [0.4, 0.5) is 15.8 Å². The molecule has 8 heteroatoms. The van der Waals surface area contributed by atoms with Gasteiger partial charge in [0.1, 0.15) is 10.7 Å². The van der Waals surface area contributed by atoms with Crippen molar-refractivity contribution in [2.75, 3.05) is 10.5 Å². The third-order valence-corrected chi connectivity index (χ3v) is 4.02. The number of aromatic nitrogens is 1. The van der Waals surface area contributed by atoms with E-state index in [1.807, 2.05) is 0 Å². The summed E-state index contributed by atoms with van der Waals surface area (Å²) in [5.41, 5.74) is 5.42. The van der Waals surface area contributed by atoms with Crippen molar-refractivity contribution < 1.29 is 12.8 Å². The van der Waals surface area contributed by atoms with Crippen molar-refractivity contribution in [3.8, 4) is 0 Å². The summed E-state index contributed by atoms with van der Waals surface area (Å²) in [5, 5.41) is 0. The number of nitrogens with zero attached hydrogens (tertiary/aromatic N) is 1. The van der Waals surface area contributed by atoms with Gasteiger partial charge in [-0.1, -0.05) is 0 Å². The Hall–Kier alpha value is -1.67. The van der Waals surface area contributed by atoms with Crippen LogP contribution in [0.25, 0.3) is 0 Å². The predicted molar refractivity (Wildman–Crippen MR) is 73.6 cm³/mol. The molecule has 0 spiro atoms. The van der Waals surface area contributed by atoms with Gasteiger partial charge in [0.2, 0.25) is 0 Å². The van der Waals surface area contributed by atoms with Crippen molar-refractivity contribution in [3.05, 3.63) is 46.9 Å². The summed E-state index contributed by atoms with van der Waals surface area (Å²) in [4.78, 5) is 3.76. The second kappa shape index (κ2) is 5.14. The number of sulfonamides is 1. The van der Waals surface area contributed by atoms with E-state index in [4.69, 9.17) is 5.73 Å². The molecule has 19 heavy (non-hydrogen) atoms. The molecule has 3 N–H and O–H groups in total. The maximum Gasteiger partial charge on any atom is 0.263 e. The molecule has 1 heterocycles. The molecule has 1 aromatic carbocycles. The lowest BCUT2D eigenvalue weighted by atomic mass is 10.3. The topological polar surface area (TPSA) is 85.1 Å². The van der Waals surface area contributed by atoms with Crippen LogP contribution in [0, 0.1) is 5.82 Å². The van der Waals surface area contributed by atoms with E-state index in [0.717, 1.165) is 6.07 Å². The Labute approximate surface area is 117 Å². The third kappa shape index (κ3) is 3.21. The second-order valence-electron chi connectivity index (χ2n) is 3.68. The Balaban J connectivity index is 2.33. The Morgan fingerprint density at radius 2 is 2.00 bits per heavy atom. The number of pyridine rings is 1. The maximum atomic E-state index is 13.0. The van der Waals surface area contributed by atoms with Gasteiger partial charge in [0, 0.05) is 16.9 Å². The van der Waals surface area contributed by atoms with Gasteiger partial charge in [-0.05, 0) is 40.2 Å². The minimum absolute atomic E-state index is 0.00947. The molecule has 0 saturated heterocycles. The number of rotatable bonds is 3. The minimum atomic E-state index is -3.79. The molecule has 0 saturated carbocycles. The Kier molecular flexibility index (Phi) is 3.72. The van der Waals surface area contributed by atoms with E-state index >= 15 is 0 Å². The Morgan fingerprint density at radius 3 is 2.63 bits per heavy atom. The fraction of sp³-hybridized carbons (Fsp3) is 0. The highest BCUT2D eigenvalue weighted by molar-refractivity contribution is 9.10. The average Bonchev–Trinajstić information content (AvgIpc) is 2.33. The first kappa shape index (κ1) is 13.8. The Bertz CT molecular complexity index is 722. The monoisotopic (exact) mass is 345 g/mol. The van der Waals surface area contributed by atoms with E-state index in [9.17, 15) is 12.8 Å². The van der Waals surface area contributed by atoms with Crippen molar-refractivity contribution in [2.24, 2.45) is 0 Å². The molecule has 0 aliphatic rings. The smallest absolute Gasteiger partial charge is 0.263 e. The van der Waals surface area contributed by atoms with Gasteiger partial charge < -0.3 is 5.73 Å². The maximum absolute atomic E-state index is 13.0. The first-order valence-electron chi connectivity index (χ1n) is 5.07. The number of halogens is 2. The summed E-state index contributed by atoms with van der Waals surface area (Å²) in [6.45, 7) is 0. The number of nitrogens with two attached hydrogens (primary N) is 1. The van der Waals surface area contributed by atoms with Crippen LogP contribution in [-0.4, -0.2) is 13.4 Å². The Morgan fingerprint density at radius 1 is 1.26 bits per heavy atom. The molecule has 1 aromatic heterocycles. The summed E-state index contributed by atoms with van der Waals surface area (Å²) in [7, 11) is -3.79. The lowest BCUT2D eigenvalue weighted by Crippen LogP contribution is -2.13. The number of nitrogen functional groups attached to an aromatic ring is 1. The van der Waals surface area contributed by atoms with Crippen LogP contribution >= 0.6 is 15.9 Å². The second-order valence-corrected chi connectivity index (χ2v) is 6.28. The highest BCUT2D eigenvalue weighted by atomic mass is 79.9. The van der Waals surface area contributed by atoms with E-state index in [0.29, 0.717) is 4.47 Å². The summed E-state index contributed by atoms with van der Waals surface area (Å²) >= 11 is 3.14. The molecule has 2 rings (SSSR count). The largest absolute Gasteiger partial charge is 0.396 e. The van der Waals surface area contributed by atoms with Gasteiger partial charge in [-0.15, -0.1) is 0 Å². The van der Waals surface area contributed by atoms with Gasteiger partial charge in [-0.3, -0.25) is 9.71 Å². The zero-order chi connectivity index (χ0) is 14.0. The number of benzene rings is 1. The van der Waals surface area contributed by atoms with Crippen LogP contribution in [0.1, 0.15) is 0 Å². The van der Waals surface area contributed by atoms with Crippen LogP contribution < -0.4 is 10.5 Å². The van der Waals surface area contributed by atoms with E-state index in [1.54, 1.807) is 0 Å². The molecule has 5 nitrogen and oxygen atoms in total. The van der Waals surface area contributed by atoms with Crippen LogP contribution in [0.15, 0.2) is 46.0 Å². The number of hydrogen-bond donors (Lipinski definition) is 2. The fourth-order valence-corrected chi connectivity index (χ4v) is 2.91. The molecule has 0 aliphatic heterocycles. The molecule has 0 amide bonds. The van der Waals surface area contributed by atoms with Gasteiger partial charge in [0.25, 0.3) is 10.0 Å². The standard InChI is InChI=1S/C11H9BrFN3O2S/c12-7-3-9(6-15-5-7)19(17,18)16-8-1-2-10(13)11(14)4-8/h1-6,16H,14H2. The SMILES string of the molecule is Nc1cc(NS(=O)(=O)c2cncc(Br)c2)ccc1F. The molecule has 0 radical (unpaired) electrons. The van der Waals surface area contributed by atoms with Gasteiger partial charge >= 0.3 is 0 Å². The molecule has 0 fully saturated rings. The molecular weight excluding hydrogens is 337 g/mol. The summed E-state index contributed by atoms with van der Waals surface area (Å²) < 4.78 is 39.9. The zero-order valence-electron chi connectivity index (χ0n) is 9.47. The van der Waals surface area contributed by atoms with Crippen LogP contribution in [0.2, 0.25) is 0 Å². The molecule has 0 bridgehead atoms. The van der Waals surface area contributed by atoms with Crippen molar-refractivity contribution >= 4 is 37.3 Å². The van der Waals surface area contributed by atoms with Gasteiger partial charge in [-0.2, -0.15) is 0 Å². The predicted octanol–water partition coefficient (Wildman–Crippen LogP) is 2.37. The van der Waals surface area contributed by atoms with E-state index in [1.165, 1.54) is 30.6 Å². The number of nitrogens with one attached hydrogen (secondary N) is 1. The lowest BCUT2D eigenvalue weighted by molar-refractivity contribution is 0.600. The van der Waals surface area contributed by atoms with Crippen molar-refractivity contribution in [2.45, 2.75) is 4.90 Å². The number of hydrogen-bond acceptors (Lipinski definition) is 4.